The number of benzene rings is 1. The Balaban J connectivity index is 2.03. The molecule has 5 nitrogen and oxygen atoms in total. The molecule has 0 aliphatic rings. The summed E-state index contributed by atoms with van der Waals surface area (Å²) in [5.74, 6) is 0.551. The van der Waals surface area contributed by atoms with E-state index in [1.807, 2.05) is 55.5 Å². The van der Waals surface area contributed by atoms with Crippen LogP contribution in [0.4, 0.5) is 0 Å². The molecule has 132 valence electrons. The molecule has 0 aliphatic carbocycles. The third-order valence-corrected chi connectivity index (χ3v) is 4.02. The van der Waals surface area contributed by atoms with Crippen molar-refractivity contribution < 1.29 is 5.02 Å². The van der Waals surface area contributed by atoms with Crippen LogP contribution in [0.15, 0.2) is 89.9 Å². The lowest BCUT2D eigenvalue weighted by atomic mass is 9.88. The van der Waals surface area contributed by atoms with Crippen molar-refractivity contribution in [2.24, 2.45) is 9.98 Å². The van der Waals surface area contributed by atoms with Gasteiger partial charge in [-0.2, -0.15) is 0 Å². The van der Waals surface area contributed by atoms with E-state index in [4.69, 9.17) is 4.99 Å². The molecule has 0 aliphatic heterocycles. The average Bonchev–Trinajstić information content (AvgIpc) is 2.74. The smallest absolute Gasteiger partial charge is 0.304 e. The molecule has 3 rings (SSSR count). The van der Waals surface area contributed by atoms with Gasteiger partial charge < -0.3 is 5.02 Å². The molecule has 6 heteroatoms. The van der Waals surface area contributed by atoms with E-state index in [1.54, 1.807) is 24.8 Å². The minimum Gasteiger partial charge on any atom is -0.449 e. The number of hydrogen-bond donors (Lipinski definition) is 1. The van der Waals surface area contributed by atoms with E-state index >= 15 is 0 Å². The average molecular weight is 354 g/mol. The zero-order valence-electron chi connectivity index (χ0n) is 15.1. The van der Waals surface area contributed by atoms with Gasteiger partial charge in [0.05, 0.1) is 5.70 Å². The molecule has 2 aromatic heterocycles. The van der Waals surface area contributed by atoms with E-state index < -0.39 is 0 Å². The van der Waals surface area contributed by atoms with Gasteiger partial charge in [-0.05, 0) is 36.8 Å². The molecule has 1 aromatic carbocycles. The fourth-order valence-electron chi connectivity index (χ4n) is 2.47. The molecule has 0 saturated carbocycles. The Hall–Kier alpha value is -3.38. The van der Waals surface area contributed by atoms with Crippen LogP contribution < -0.4 is 5.46 Å². The van der Waals surface area contributed by atoms with Crippen LogP contribution in [0, 0.1) is 0 Å². The summed E-state index contributed by atoms with van der Waals surface area (Å²) >= 11 is 0. The summed E-state index contributed by atoms with van der Waals surface area (Å²) in [6, 6.07) is 15.0. The topological polar surface area (TPSA) is 70.7 Å². The van der Waals surface area contributed by atoms with Crippen LogP contribution in [0.2, 0.25) is 0 Å². The highest BCUT2D eigenvalue weighted by Crippen LogP contribution is 2.15. The van der Waals surface area contributed by atoms with Crippen molar-refractivity contribution in [1.29, 1.82) is 0 Å². The molecule has 0 amide bonds. The fraction of sp³-hybridized carbons (Fsp3) is 0.0476. The Kier molecular flexibility index (Phi) is 6.02. The van der Waals surface area contributed by atoms with Gasteiger partial charge in [0.1, 0.15) is 0 Å². The number of aliphatic imine (C=N–C) groups is 2. The summed E-state index contributed by atoms with van der Waals surface area (Å²) in [6.45, 7) is 6.00. The van der Waals surface area contributed by atoms with Crippen LogP contribution in [-0.2, 0) is 0 Å². The van der Waals surface area contributed by atoms with Crippen LogP contribution in [0.25, 0.3) is 5.70 Å². The van der Waals surface area contributed by atoms with Crippen molar-refractivity contribution in [1.82, 2.24) is 9.97 Å². The highest BCUT2D eigenvalue weighted by Gasteiger charge is 2.07. The molecular formula is C21H19BN4O. The molecule has 0 fully saturated rings. The SMILES string of the molecule is C=C(N=C(N=C(C)c1ccncc1)c1ccc(BO)cc1)c1ccncc1. The Morgan fingerprint density at radius 2 is 1.37 bits per heavy atom. The molecule has 0 bridgehead atoms. The second-order valence-corrected chi connectivity index (χ2v) is 5.91. The number of nitrogens with zero attached hydrogens (tertiary/aromatic N) is 4. The highest BCUT2D eigenvalue weighted by molar-refractivity contribution is 6.45. The quantitative estimate of drug-likeness (QED) is 0.434. The lowest BCUT2D eigenvalue weighted by Crippen LogP contribution is -2.13. The number of aromatic nitrogens is 2. The first-order valence-electron chi connectivity index (χ1n) is 8.51. The van der Waals surface area contributed by atoms with Crippen molar-refractivity contribution in [3.63, 3.8) is 0 Å². The molecule has 0 spiro atoms. The molecule has 3 aromatic rings. The predicted octanol–water partition coefficient (Wildman–Crippen LogP) is 2.37. The van der Waals surface area contributed by atoms with E-state index in [-0.39, 0.29) is 7.48 Å². The van der Waals surface area contributed by atoms with Crippen molar-refractivity contribution in [3.8, 4) is 0 Å². The first-order chi connectivity index (χ1) is 13.2. The predicted molar refractivity (Wildman–Crippen MR) is 112 cm³/mol. The molecule has 1 N–H and O–H groups in total. The second-order valence-electron chi connectivity index (χ2n) is 5.91. The number of pyridine rings is 2. The zero-order chi connectivity index (χ0) is 19.1. The normalized spacial score (nSPS) is 11.9. The Morgan fingerprint density at radius 3 is 1.93 bits per heavy atom. The summed E-state index contributed by atoms with van der Waals surface area (Å²) < 4.78 is 0. The maximum atomic E-state index is 9.27. The monoisotopic (exact) mass is 354 g/mol. The van der Waals surface area contributed by atoms with Crippen LogP contribution >= 0.6 is 0 Å². The first-order valence-corrected chi connectivity index (χ1v) is 8.51. The second kappa shape index (κ2) is 8.83. The summed E-state index contributed by atoms with van der Waals surface area (Å²) in [6.07, 6.45) is 6.88. The maximum absolute atomic E-state index is 9.27. The fourth-order valence-corrected chi connectivity index (χ4v) is 2.47. The highest BCUT2D eigenvalue weighted by atomic mass is 16.2. The standard InChI is InChI=1S/C21H19BN4O/c1-15(17-7-11-23-12-8-17)25-21(19-3-5-20(22-27)6-4-19)26-16(2)18-9-13-24-14-10-18/h3-14,22,27H,1H2,2H3. The molecule has 0 radical (unpaired) electrons. The van der Waals surface area contributed by atoms with Gasteiger partial charge in [0.25, 0.3) is 0 Å². The van der Waals surface area contributed by atoms with Gasteiger partial charge in [-0.1, -0.05) is 36.3 Å². The van der Waals surface area contributed by atoms with Crippen LogP contribution in [0.5, 0.6) is 0 Å². The van der Waals surface area contributed by atoms with E-state index in [9.17, 15) is 5.02 Å². The van der Waals surface area contributed by atoms with Gasteiger partial charge in [0, 0.05) is 41.6 Å². The Bertz CT molecular complexity index is 968. The lowest BCUT2D eigenvalue weighted by molar-refractivity contribution is 0.615. The van der Waals surface area contributed by atoms with Crippen molar-refractivity contribution in [2.75, 3.05) is 0 Å². The number of rotatable bonds is 5. The van der Waals surface area contributed by atoms with E-state index in [1.165, 1.54) is 0 Å². The lowest BCUT2D eigenvalue weighted by Gasteiger charge is -2.07. The van der Waals surface area contributed by atoms with Gasteiger partial charge in [-0.25, -0.2) is 9.98 Å². The maximum Gasteiger partial charge on any atom is 0.304 e. The summed E-state index contributed by atoms with van der Waals surface area (Å²) in [5, 5.41) is 9.27. The molecular weight excluding hydrogens is 335 g/mol. The summed E-state index contributed by atoms with van der Waals surface area (Å²) in [7, 11) is -0.00418. The largest absolute Gasteiger partial charge is 0.449 e. The molecule has 2 heterocycles. The minimum atomic E-state index is -0.00418. The van der Waals surface area contributed by atoms with Crippen molar-refractivity contribution >= 4 is 30.2 Å². The molecule has 0 atom stereocenters. The zero-order valence-corrected chi connectivity index (χ0v) is 15.1. The minimum absolute atomic E-state index is 0.00418. The Labute approximate surface area is 159 Å². The third kappa shape index (κ3) is 4.83. The van der Waals surface area contributed by atoms with Crippen molar-refractivity contribution in [2.45, 2.75) is 6.92 Å². The van der Waals surface area contributed by atoms with E-state index in [0.29, 0.717) is 11.5 Å². The Morgan fingerprint density at radius 1 is 0.815 bits per heavy atom. The van der Waals surface area contributed by atoms with Gasteiger partial charge in [0.2, 0.25) is 0 Å². The molecule has 0 unspecified atom stereocenters. The number of amidine groups is 1. The molecule has 27 heavy (non-hydrogen) atoms. The van der Waals surface area contributed by atoms with Gasteiger partial charge >= 0.3 is 7.48 Å². The first kappa shape index (κ1) is 18.4. The van der Waals surface area contributed by atoms with Crippen molar-refractivity contribution in [3.05, 3.63) is 96.6 Å². The van der Waals surface area contributed by atoms with E-state index in [2.05, 4.69) is 21.5 Å². The molecule has 0 saturated heterocycles. The van der Waals surface area contributed by atoms with Crippen LogP contribution in [0.3, 0.4) is 0 Å². The van der Waals surface area contributed by atoms with Gasteiger partial charge in [-0.3, -0.25) is 9.97 Å². The van der Waals surface area contributed by atoms with Gasteiger partial charge in [0.15, 0.2) is 5.84 Å². The summed E-state index contributed by atoms with van der Waals surface area (Å²) in [5.41, 5.74) is 4.96. The third-order valence-electron chi connectivity index (χ3n) is 4.02. The van der Waals surface area contributed by atoms with Gasteiger partial charge in [-0.15, -0.1) is 0 Å². The van der Waals surface area contributed by atoms with E-state index in [0.717, 1.165) is 27.9 Å². The van der Waals surface area contributed by atoms with Crippen LogP contribution in [-0.4, -0.2) is 34.0 Å². The number of hydrogen-bond acceptors (Lipinski definition) is 4. The van der Waals surface area contributed by atoms with Crippen LogP contribution in [0.1, 0.15) is 23.6 Å². The summed E-state index contributed by atoms with van der Waals surface area (Å²) in [4.78, 5) is 17.5.